The summed E-state index contributed by atoms with van der Waals surface area (Å²) >= 11 is 0. The van der Waals surface area contributed by atoms with Gasteiger partial charge in [-0.05, 0) is 12.8 Å². The van der Waals surface area contributed by atoms with Crippen LogP contribution in [0.2, 0.25) is 0 Å². The fraction of sp³-hybridized carbons (Fsp3) is 0.875. The van der Waals surface area contributed by atoms with Gasteiger partial charge in [-0.2, -0.15) is 0 Å². The van der Waals surface area contributed by atoms with Gasteiger partial charge in [-0.15, -0.1) is 0 Å². The minimum atomic E-state index is -0.643. The topological polar surface area (TPSA) is 37.3 Å². The molecule has 0 aromatic heterocycles. The summed E-state index contributed by atoms with van der Waals surface area (Å²) in [5.74, 6) is -0.754. The molecule has 1 N–H and O–H groups in total. The first-order valence-electron chi connectivity index (χ1n) is 3.95. The molecule has 0 aliphatic rings. The van der Waals surface area contributed by atoms with Crippen LogP contribution in [-0.4, -0.2) is 11.1 Å². The van der Waals surface area contributed by atoms with Crippen molar-refractivity contribution in [2.45, 2.75) is 39.5 Å². The van der Waals surface area contributed by atoms with E-state index in [4.69, 9.17) is 5.11 Å². The third-order valence-corrected chi connectivity index (χ3v) is 1.75. The number of rotatable bonds is 5. The molecule has 11 heavy (non-hydrogen) atoms. The van der Waals surface area contributed by atoms with E-state index in [9.17, 15) is 4.79 Å². The van der Waals surface area contributed by atoms with Gasteiger partial charge >= 0.3 is 5.97 Å². The van der Waals surface area contributed by atoms with Gasteiger partial charge < -0.3 is 5.11 Å². The molecule has 1 atom stereocenters. The van der Waals surface area contributed by atoms with E-state index in [0.717, 1.165) is 25.7 Å². The van der Waals surface area contributed by atoms with Crippen LogP contribution in [-0.2, 0) is 25.9 Å². The van der Waals surface area contributed by atoms with Crippen molar-refractivity contribution in [2.24, 2.45) is 5.92 Å². The number of carboxylic acid groups (broad SMARTS) is 1. The predicted octanol–water partition coefficient (Wildman–Crippen LogP) is 2.28. The fourth-order valence-corrected chi connectivity index (χ4v) is 0.953. The number of carboxylic acids is 1. The largest absolute Gasteiger partial charge is 0.481 e. The van der Waals surface area contributed by atoms with Crippen molar-refractivity contribution >= 4 is 5.97 Å². The van der Waals surface area contributed by atoms with Crippen molar-refractivity contribution in [3.05, 3.63) is 0 Å². The van der Waals surface area contributed by atoms with E-state index in [2.05, 4.69) is 6.92 Å². The number of hydrogen-bond donors (Lipinski definition) is 1. The Bertz CT molecular complexity index is 104. The Morgan fingerprint density at radius 2 is 2.00 bits per heavy atom. The zero-order valence-corrected chi connectivity index (χ0v) is 9.18. The van der Waals surface area contributed by atoms with Crippen LogP contribution in [0.4, 0.5) is 0 Å². The SMILES string of the molecule is CCCCC(CC)C(=O)O.[Mo]. The predicted molar refractivity (Wildman–Crippen MR) is 40.9 cm³/mol. The smallest absolute Gasteiger partial charge is 0.306 e. The van der Waals surface area contributed by atoms with E-state index in [1.54, 1.807) is 0 Å². The molecule has 0 bridgehead atoms. The van der Waals surface area contributed by atoms with Crippen LogP contribution in [0, 0.1) is 5.92 Å². The third-order valence-electron chi connectivity index (χ3n) is 1.75. The molecule has 0 spiro atoms. The summed E-state index contributed by atoms with van der Waals surface area (Å²) in [4.78, 5) is 10.4. The Kier molecular flexibility index (Phi) is 10.3. The second-order valence-corrected chi connectivity index (χ2v) is 2.59. The van der Waals surface area contributed by atoms with E-state index < -0.39 is 5.97 Å². The van der Waals surface area contributed by atoms with Gasteiger partial charge in [0.25, 0.3) is 0 Å². The molecule has 1 unspecified atom stereocenters. The summed E-state index contributed by atoms with van der Waals surface area (Å²) in [5, 5.41) is 8.60. The summed E-state index contributed by atoms with van der Waals surface area (Å²) in [7, 11) is 0. The standard InChI is InChI=1S/C8H16O2.Mo/c1-3-5-6-7(4-2)8(9)10;/h7H,3-6H2,1-2H3,(H,9,10);. The van der Waals surface area contributed by atoms with E-state index in [-0.39, 0.29) is 27.0 Å². The molecule has 0 aromatic carbocycles. The second-order valence-electron chi connectivity index (χ2n) is 2.59. The molecule has 0 amide bonds. The van der Waals surface area contributed by atoms with Gasteiger partial charge in [-0.1, -0.05) is 26.7 Å². The first-order chi connectivity index (χ1) is 4.72. The summed E-state index contributed by atoms with van der Waals surface area (Å²) in [6.45, 7) is 4.00. The Morgan fingerprint density at radius 3 is 2.27 bits per heavy atom. The monoisotopic (exact) mass is 242 g/mol. The van der Waals surface area contributed by atoms with Crippen molar-refractivity contribution in [1.29, 1.82) is 0 Å². The van der Waals surface area contributed by atoms with Gasteiger partial charge in [-0.25, -0.2) is 0 Å². The van der Waals surface area contributed by atoms with Gasteiger partial charge in [0.05, 0.1) is 5.92 Å². The fourth-order valence-electron chi connectivity index (χ4n) is 0.953. The van der Waals surface area contributed by atoms with Crippen molar-refractivity contribution < 1.29 is 31.0 Å². The normalized spacial score (nSPS) is 11.8. The molecule has 0 aliphatic heterocycles. The molecule has 0 radical (unpaired) electrons. The Hall–Kier alpha value is 0.158. The quantitative estimate of drug-likeness (QED) is 0.748. The zero-order valence-electron chi connectivity index (χ0n) is 7.17. The van der Waals surface area contributed by atoms with Gasteiger partial charge in [0.1, 0.15) is 0 Å². The van der Waals surface area contributed by atoms with Crippen LogP contribution in [0.15, 0.2) is 0 Å². The minimum Gasteiger partial charge on any atom is -0.481 e. The molecule has 66 valence electrons. The molecular weight excluding hydrogens is 224 g/mol. The summed E-state index contributed by atoms with van der Waals surface area (Å²) in [5.41, 5.74) is 0. The summed E-state index contributed by atoms with van der Waals surface area (Å²) in [6.07, 6.45) is 3.71. The van der Waals surface area contributed by atoms with Crippen molar-refractivity contribution in [3.8, 4) is 0 Å². The van der Waals surface area contributed by atoms with Crippen LogP contribution in [0.1, 0.15) is 39.5 Å². The molecule has 0 rings (SSSR count). The Morgan fingerprint density at radius 1 is 1.45 bits per heavy atom. The summed E-state index contributed by atoms with van der Waals surface area (Å²) in [6, 6.07) is 0. The van der Waals surface area contributed by atoms with Gasteiger partial charge in [0.15, 0.2) is 0 Å². The molecule has 3 heteroatoms. The van der Waals surface area contributed by atoms with E-state index in [1.165, 1.54) is 0 Å². The molecular formula is C8H16MoO2. The average Bonchev–Trinajstić information content (AvgIpc) is 1.89. The van der Waals surface area contributed by atoms with Crippen molar-refractivity contribution in [2.75, 3.05) is 0 Å². The van der Waals surface area contributed by atoms with Crippen molar-refractivity contribution in [3.63, 3.8) is 0 Å². The first-order valence-corrected chi connectivity index (χ1v) is 3.95. The molecule has 0 saturated heterocycles. The number of aliphatic carboxylic acids is 1. The maximum Gasteiger partial charge on any atom is 0.306 e. The van der Waals surface area contributed by atoms with Crippen molar-refractivity contribution in [1.82, 2.24) is 0 Å². The second kappa shape index (κ2) is 8.26. The molecule has 0 saturated carbocycles. The maximum atomic E-state index is 10.4. The first kappa shape index (κ1) is 13.7. The van der Waals surface area contributed by atoms with E-state index in [1.807, 2.05) is 6.92 Å². The Labute approximate surface area is 82.6 Å². The molecule has 0 aliphatic carbocycles. The zero-order chi connectivity index (χ0) is 7.98. The molecule has 0 fully saturated rings. The number of unbranched alkanes of at least 4 members (excludes halogenated alkanes) is 1. The van der Waals surface area contributed by atoms with Gasteiger partial charge in [-0.3, -0.25) is 4.79 Å². The van der Waals surface area contributed by atoms with Crippen LogP contribution in [0.25, 0.3) is 0 Å². The summed E-state index contributed by atoms with van der Waals surface area (Å²) < 4.78 is 0. The molecule has 2 nitrogen and oxygen atoms in total. The van der Waals surface area contributed by atoms with Gasteiger partial charge in [0.2, 0.25) is 0 Å². The molecule has 0 aromatic rings. The van der Waals surface area contributed by atoms with Crippen LogP contribution < -0.4 is 0 Å². The van der Waals surface area contributed by atoms with Gasteiger partial charge in [0, 0.05) is 21.1 Å². The third kappa shape index (κ3) is 6.55. The Balaban J connectivity index is 0. The average molecular weight is 240 g/mol. The van der Waals surface area contributed by atoms with Crippen LogP contribution >= 0.6 is 0 Å². The maximum absolute atomic E-state index is 10.4. The van der Waals surface area contributed by atoms with Crippen LogP contribution in [0.3, 0.4) is 0 Å². The number of hydrogen-bond acceptors (Lipinski definition) is 1. The number of carbonyl (C=O) groups is 1. The van der Waals surface area contributed by atoms with E-state index in [0.29, 0.717) is 0 Å². The van der Waals surface area contributed by atoms with E-state index >= 15 is 0 Å². The minimum absolute atomic E-state index is 0. The molecule has 0 heterocycles. The van der Waals surface area contributed by atoms with Crippen LogP contribution in [0.5, 0.6) is 0 Å².